The molecule has 0 aliphatic carbocycles. The predicted molar refractivity (Wildman–Crippen MR) is 64.1 cm³/mol. The Kier molecular flexibility index (Phi) is 5.78. The molecule has 0 bridgehead atoms. The Labute approximate surface area is 92.1 Å². The minimum Gasteiger partial charge on any atom is -0.378 e. The molecule has 0 aromatic heterocycles. The van der Waals surface area contributed by atoms with Crippen LogP contribution in [0.4, 0.5) is 0 Å². The van der Waals surface area contributed by atoms with Crippen molar-refractivity contribution in [3.63, 3.8) is 0 Å². The highest BCUT2D eigenvalue weighted by Crippen LogP contribution is 2.03. The monoisotopic (exact) mass is 208 g/mol. The van der Waals surface area contributed by atoms with E-state index in [9.17, 15) is 0 Å². The molecule has 0 N–H and O–H groups in total. The van der Waals surface area contributed by atoms with E-state index in [0.717, 1.165) is 38.4 Å². The van der Waals surface area contributed by atoms with Crippen molar-refractivity contribution in [2.24, 2.45) is 4.99 Å². The molecule has 0 aromatic carbocycles. The van der Waals surface area contributed by atoms with Crippen molar-refractivity contribution in [3.8, 4) is 0 Å². The van der Waals surface area contributed by atoms with Crippen LogP contribution in [0.25, 0.3) is 0 Å². The summed E-state index contributed by atoms with van der Waals surface area (Å²) in [7, 11) is 0. The van der Waals surface area contributed by atoms with E-state index in [1.54, 1.807) is 0 Å². The van der Waals surface area contributed by atoms with Crippen LogP contribution in [0.3, 0.4) is 0 Å². The number of rotatable bonds is 4. The maximum absolute atomic E-state index is 5.27. The minimum atomic E-state index is 0.812. The largest absolute Gasteiger partial charge is 0.378 e. The molecular formula is C12H20N2O. The summed E-state index contributed by atoms with van der Waals surface area (Å²) in [6.07, 6.45) is 8.99. The van der Waals surface area contributed by atoms with Gasteiger partial charge in [-0.05, 0) is 19.4 Å². The standard InChI is InChI=1S/C12H20N2O/c1-3-5-6-12(4-2)13-11-14-7-9-15-10-8-14/h3,5-6,11H,4,7-10H2,1-2H3/b5-3-,12-6-,13-11?. The minimum absolute atomic E-state index is 0.812. The van der Waals surface area contributed by atoms with Crippen LogP contribution < -0.4 is 0 Å². The van der Waals surface area contributed by atoms with Crippen LogP contribution in [-0.2, 0) is 4.74 Å². The highest BCUT2D eigenvalue weighted by atomic mass is 16.5. The number of aliphatic imine (C=N–C) groups is 1. The quantitative estimate of drug-likeness (QED) is 0.402. The van der Waals surface area contributed by atoms with Crippen molar-refractivity contribution in [1.82, 2.24) is 4.90 Å². The van der Waals surface area contributed by atoms with Gasteiger partial charge in [0.2, 0.25) is 0 Å². The lowest BCUT2D eigenvalue weighted by Crippen LogP contribution is -2.35. The molecule has 0 radical (unpaired) electrons. The van der Waals surface area contributed by atoms with Gasteiger partial charge in [0.1, 0.15) is 0 Å². The van der Waals surface area contributed by atoms with E-state index in [1.807, 2.05) is 25.4 Å². The van der Waals surface area contributed by atoms with E-state index in [-0.39, 0.29) is 0 Å². The molecule has 0 saturated carbocycles. The topological polar surface area (TPSA) is 24.8 Å². The fourth-order valence-corrected chi connectivity index (χ4v) is 1.31. The molecule has 0 amide bonds. The molecule has 3 nitrogen and oxygen atoms in total. The maximum atomic E-state index is 5.27. The lowest BCUT2D eigenvalue weighted by Gasteiger charge is -2.24. The molecule has 1 aliphatic heterocycles. The molecule has 0 atom stereocenters. The molecule has 1 saturated heterocycles. The second-order valence-corrected chi connectivity index (χ2v) is 3.43. The number of morpholine rings is 1. The van der Waals surface area contributed by atoms with Gasteiger partial charge in [-0.3, -0.25) is 0 Å². The molecule has 1 fully saturated rings. The highest BCUT2D eigenvalue weighted by Gasteiger charge is 2.05. The van der Waals surface area contributed by atoms with Crippen molar-refractivity contribution in [3.05, 3.63) is 23.9 Å². The third-order valence-corrected chi connectivity index (χ3v) is 2.28. The summed E-state index contributed by atoms with van der Waals surface area (Å²) in [5.74, 6) is 0. The van der Waals surface area contributed by atoms with Gasteiger partial charge in [-0.15, -0.1) is 0 Å². The lowest BCUT2D eigenvalue weighted by atomic mass is 10.3. The van der Waals surface area contributed by atoms with Crippen molar-refractivity contribution in [1.29, 1.82) is 0 Å². The first-order valence-corrected chi connectivity index (χ1v) is 5.54. The first kappa shape index (κ1) is 12.0. The summed E-state index contributed by atoms with van der Waals surface area (Å²) in [5.41, 5.74) is 1.11. The van der Waals surface area contributed by atoms with Gasteiger partial charge in [-0.2, -0.15) is 0 Å². The number of allylic oxidation sites excluding steroid dienone is 4. The fourth-order valence-electron chi connectivity index (χ4n) is 1.31. The molecule has 0 spiro atoms. The van der Waals surface area contributed by atoms with E-state index < -0.39 is 0 Å². The van der Waals surface area contributed by atoms with Crippen molar-refractivity contribution in [2.45, 2.75) is 20.3 Å². The Morgan fingerprint density at radius 2 is 2.13 bits per heavy atom. The SMILES string of the molecule is C/C=C\C=C(\CC)N=CN1CCOCC1. The van der Waals surface area contributed by atoms with E-state index in [4.69, 9.17) is 4.74 Å². The smallest absolute Gasteiger partial charge is 0.0909 e. The summed E-state index contributed by atoms with van der Waals surface area (Å²) in [6.45, 7) is 7.65. The zero-order chi connectivity index (χ0) is 10.9. The van der Waals surface area contributed by atoms with Gasteiger partial charge >= 0.3 is 0 Å². The summed E-state index contributed by atoms with van der Waals surface area (Å²) in [4.78, 5) is 6.66. The molecule has 0 aromatic rings. The zero-order valence-corrected chi connectivity index (χ0v) is 9.65. The van der Waals surface area contributed by atoms with E-state index in [0.29, 0.717) is 0 Å². The molecule has 1 heterocycles. The van der Waals surface area contributed by atoms with Crippen molar-refractivity contribution in [2.75, 3.05) is 26.3 Å². The van der Waals surface area contributed by atoms with Crippen LogP contribution in [0, 0.1) is 0 Å². The Morgan fingerprint density at radius 1 is 1.40 bits per heavy atom. The second-order valence-electron chi connectivity index (χ2n) is 3.43. The summed E-state index contributed by atoms with van der Waals surface area (Å²) < 4.78 is 5.27. The van der Waals surface area contributed by atoms with Gasteiger partial charge in [0.25, 0.3) is 0 Å². The molecule has 3 heteroatoms. The number of nitrogens with zero attached hydrogens (tertiary/aromatic N) is 2. The van der Waals surface area contributed by atoms with Gasteiger partial charge in [0.05, 0.1) is 19.6 Å². The summed E-state index contributed by atoms with van der Waals surface area (Å²) in [5, 5.41) is 0. The van der Waals surface area contributed by atoms with Gasteiger partial charge in [0.15, 0.2) is 0 Å². The average molecular weight is 208 g/mol. The second kappa shape index (κ2) is 7.23. The fraction of sp³-hybridized carbons (Fsp3) is 0.583. The van der Waals surface area contributed by atoms with Crippen LogP contribution in [0.15, 0.2) is 28.9 Å². The Balaban J connectivity index is 2.45. The van der Waals surface area contributed by atoms with Crippen LogP contribution in [0.5, 0.6) is 0 Å². The zero-order valence-electron chi connectivity index (χ0n) is 9.65. The molecule has 1 aliphatic rings. The highest BCUT2D eigenvalue weighted by molar-refractivity contribution is 5.57. The lowest BCUT2D eigenvalue weighted by molar-refractivity contribution is 0.0700. The Morgan fingerprint density at radius 3 is 2.73 bits per heavy atom. The van der Waals surface area contributed by atoms with Gasteiger partial charge in [-0.25, -0.2) is 4.99 Å². The van der Waals surface area contributed by atoms with Crippen LogP contribution >= 0.6 is 0 Å². The summed E-state index contributed by atoms with van der Waals surface area (Å²) >= 11 is 0. The predicted octanol–water partition coefficient (Wildman–Crippen LogP) is 2.22. The van der Waals surface area contributed by atoms with E-state index in [1.165, 1.54) is 0 Å². The first-order chi connectivity index (χ1) is 7.36. The van der Waals surface area contributed by atoms with Crippen molar-refractivity contribution >= 4 is 6.34 Å². The summed E-state index contributed by atoms with van der Waals surface area (Å²) in [6, 6.07) is 0. The van der Waals surface area contributed by atoms with Crippen molar-refractivity contribution < 1.29 is 4.74 Å². The average Bonchev–Trinajstić information content (AvgIpc) is 2.31. The van der Waals surface area contributed by atoms with E-state index in [2.05, 4.69) is 22.9 Å². The molecular weight excluding hydrogens is 188 g/mol. The normalized spacial score (nSPS) is 19.3. The van der Waals surface area contributed by atoms with Gasteiger partial charge in [-0.1, -0.05) is 19.1 Å². The Bertz CT molecular complexity index is 250. The molecule has 1 rings (SSSR count). The number of hydrogen-bond donors (Lipinski definition) is 0. The van der Waals surface area contributed by atoms with Gasteiger partial charge in [0, 0.05) is 18.8 Å². The van der Waals surface area contributed by atoms with Crippen LogP contribution in [-0.4, -0.2) is 37.5 Å². The van der Waals surface area contributed by atoms with Crippen LogP contribution in [0.2, 0.25) is 0 Å². The maximum Gasteiger partial charge on any atom is 0.0909 e. The molecule has 15 heavy (non-hydrogen) atoms. The number of ether oxygens (including phenoxy) is 1. The van der Waals surface area contributed by atoms with E-state index >= 15 is 0 Å². The van der Waals surface area contributed by atoms with Crippen LogP contribution in [0.1, 0.15) is 20.3 Å². The van der Waals surface area contributed by atoms with Gasteiger partial charge < -0.3 is 9.64 Å². The number of hydrogen-bond acceptors (Lipinski definition) is 2. The molecule has 0 unspecified atom stereocenters. The Hall–Kier alpha value is -1.09. The molecule has 84 valence electrons. The third kappa shape index (κ3) is 4.79. The first-order valence-electron chi connectivity index (χ1n) is 5.54. The third-order valence-electron chi connectivity index (χ3n) is 2.28.